The van der Waals surface area contributed by atoms with Crippen LogP contribution in [0.2, 0.25) is 0 Å². The van der Waals surface area contributed by atoms with Gasteiger partial charge in [-0.2, -0.15) is 0 Å². The monoisotopic (exact) mass is 293 g/mol. The molecule has 0 saturated heterocycles. The molecule has 0 aliphatic carbocycles. The zero-order chi connectivity index (χ0) is 15.8. The summed E-state index contributed by atoms with van der Waals surface area (Å²) in [5, 5.41) is 12.1. The topological polar surface area (TPSA) is 84.9 Å². The van der Waals surface area contributed by atoms with Gasteiger partial charge >= 0.3 is 5.97 Å². The molecule has 1 aromatic carbocycles. The Morgan fingerprint density at radius 1 is 1.14 bits per heavy atom. The second kappa shape index (κ2) is 4.95. The van der Waals surface area contributed by atoms with Crippen molar-refractivity contribution in [2.24, 2.45) is 5.41 Å². The fourth-order valence-electron chi connectivity index (χ4n) is 1.82. The molecular weight excluding hydrogens is 274 g/mol. The van der Waals surface area contributed by atoms with Crippen LogP contribution in [0.1, 0.15) is 38.1 Å². The fourth-order valence-corrected chi connectivity index (χ4v) is 1.82. The molecule has 0 unspecified atom stereocenters. The quantitative estimate of drug-likeness (QED) is 0.887. The minimum Gasteiger partial charge on any atom is -0.481 e. The number of carboxylic acid groups (broad SMARTS) is 1. The van der Waals surface area contributed by atoms with Gasteiger partial charge in [-0.05, 0) is 45.9 Å². The number of rotatable bonds is 4. The van der Waals surface area contributed by atoms with E-state index in [2.05, 4.69) is 5.32 Å². The normalized spacial score (nSPS) is 13.9. The lowest BCUT2D eigenvalue weighted by Gasteiger charge is -2.38. The van der Waals surface area contributed by atoms with Crippen molar-refractivity contribution in [2.75, 3.05) is 6.79 Å². The summed E-state index contributed by atoms with van der Waals surface area (Å²) in [6.45, 7) is 6.67. The van der Waals surface area contributed by atoms with E-state index in [-0.39, 0.29) is 12.7 Å². The Hall–Kier alpha value is -2.24. The zero-order valence-electron chi connectivity index (χ0n) is 12.5. The van der Waals surface area contributed by atoms with Crippen molar-refractivity contribution in [3.63, 3.8) is 0 Å². The Morgan fingerprint density at radius 3 is 2.38 bits per heavy atom. The van der Waals surface area contributed by atoms with Gasteiger partial charge in [-0.15, -0.1) is 0 Å². The van der Waals surface area contributed by atoms with Crippen molar-refractivity contribution in [2.45, 2.75) is 33.2 Å². The lowest BCUT2D eigenvalue weighted by Crippen LogP contribution is -2.56. The number of carbonyl (C=O) groups is 2. The Labute approximate surface area is 123 Å². The zero-order valence-corrected chi connectivity index (χ0v) is 12.5. The molecule has 1 amide bonds. The van der Waals surface area contributed by atoms with Crippen molar-refractivity contribution in [3.8, 4) is 11.5 Å². The van der Waals surface area contributed by atoms with Crippen LogP contribution in [0.15, 0.2) is 18.2 Å². The van der Waals surface area contributed by atoms with E-state index < -0.39 is 16.9 Å². The summed E-state index contributed by atoms with van der Waals surface area (Å²) in [5.41, 5.74) is -1.64. The summed E-state index contributed by atoms with van der Waals surface area (Å²) in [5.74, 6) is -0.222. The van der Waals surface area contributed by atoms with Crippen molar-refractivity contribution >= 4 is 11.9 Å². The van der Waals surface area contributed by atoms with Crippen LogP contribution in [0.5, 0.6) is 11.5 Å². The van der Waals surface area contributed by atoms with Gasteiger partial charge in [0.25, 0.3) is 5.91 Å². The Morgan fingerprint density at radius 2 is 1.76 bits per heavy atom. The van der Waals surface area contributed by atoms with Crippen LogP contribution < -0.4 is 14.8 Å². The van der Waals surface area contributed by atoms with Gasteiger partial charge in [0.1, 0.15) is 0 Å². The second-order valence-electron chi connectivity index (χ2n) is 6.08. The maximum atomic E-state index is 12.3. The number of amides is 1. The maximum absolute atomic E-state index is 12.3. The first-order valence-corrected chi connectivity index (χ1v) is 6.61. The van der Waals surface area contributed by atoms with Crippen LogP contribution >= 0.6 is 0 Å². The van der Waals surface area contributed by atoms with E-state index in [4.69, 9.17) is 9.47 Å². The highest BCUT2D eigenvalue weighted by atomic mass is 16.7. The number of hydrogen-bond acceptors (Lipinski definition) is 4. The van der Waals surface area contributed by atoms with Crippen molar-refractivity contribution in [1.82, 2.24) is 5.32 Å². The number of ether oxygens (including phenoxy) is 2. The van der Waals surface area contributed by atoms with Gasteiger partial charge in [-0.1, -0.05) is 0 Å². The van der Waals surface area contributed by atoms with Gasteiger partial charge in [-0.25, -0.2) is 0 Å². The van der Waals surface area contributed by atoms with Crippen LogP contribution in [-0.2, 0) is 4.79 Å². The number of benzene rings is 1. The lowest BCUT2D eigenvalue weighted by molar-refractivity contribution is -0.150. The van der Waals surface area contributed by atoms with E-state index in [9.17, 15) is 14.7 Å². The summed E-state index contributed by atoms with van der Waals surface area (Å²) in [6.07, 6.45) is 0. The highest BCUT2D eigenvalue weighted by molar-refractivity contribution is 5.96. The van der Waals surface area contributed by atoms with Crippen molar-refractivity contribution in [1.29, 1.82) is 0 Å². The molecule has 0 spiro atoms. The number of nitrogens with one attached hydrogen (secondary N) is 1. The highest BCUT2D eigenvalue weighted by Gasteiger charge is 2.44. The van der Waals surface area contributed by atoms with Gasteiger partial charge in [0, 0.05) is 5.56 Å². The predicted octanol–water partition coefficient (Wildman–Crippen LogP) is 2.03. The second-order valence-corrected chi connectivity index (χ2v) is 6.08. The summed E-state index contributed by atoms with van der Waals surface area (Å²) in [6, 6.07) is 4.86. The first-order valence-electron chi connectivity index (χ1n) is 6.61. The van der Waals surface area contributed by atoms with E-state index in [0.717, 1.165) is 0 Å². The number of hydrogen-bond donors (Lipinski definition) is 2. The average molecular weight is 293 g/mol. The molecule has 1 aliphatic rings. The molecule has 2 N–H and O–H groups in total. The van der Waals surface area contributed by atoms with Crippen LogP contribution in [0.25, 0.3) is 0 Å². The van der Waals surface area contributed by atoms with E-state index in [0.29, 0.717) is 17.1 Å². The Kier molecular flexibility index (Phi) is 3.57. The average Bonchev–Trinajstić information content (AvgIpc) is 2.84. The first kappa shape index (κ1) is 15.2. The lowest BCUT2D eigenvalue weighted by atomic mass is 9.74. The number of aliphatic carboxylic acids is 1. The van der Waals surface area contributed by atoms with Crippen molar-refractivity contribution in [3.05, 3.63) is 23.8 Å². The van der Waals surface area contributed by atoms with Gasteiger partial charge in [0.2, 0.25) is 6.79 Å². The first-order chi connectivity index (χ1) is 9.65. The molecule has 0 bridgehead atoms. The van der Waals surface area contributed by atoms with Gasteiger partial charge in [-0.3, -0.25) is 9.59 Å². The number of fused-ring (bicyclic) bond motifs is 1. The molecule has 6 nitrogen and oxygen atoms in total. The molecule has 21 heavy (non-hydrogen) atoms. The molecule has 114 valence electrons. The van der Waals surface area contributed by atoms with Crippen LogP contribution in [-0.4, -0.2) is 29.3 Å². The maximum Gasteiger partial charge on any atom is 0.311 e. The standard InChI is InChI=1S/C15H19NO5/c1-14(2,13(18)19)15(3,4)16-12(17)9-5-6-10-11(7-9)21-8-20-10/h5-7H,8H2,1-4H3,(H,16,17)(H,18,19). The molecule has 0 saturated carbocycles. The van der Waals surface area contributed by atoms with Crippen LogP contribution in [0.3, 0.4) is 0 Å². The third kappa shape index (κ3) is 2.66. The summed E-state index contributed by atoms with van der Waals surface area (Å²) in [7, 11) is 0. The number of carbonyl (C=O) groups excluding carboxylic acids is 1. The molecule has 0 aromatic heterocycles. The molecule has 1 aliphatic heterocycles. The molecular formula is C15H19NO5. The largest absolute Gasteiger partial charge is 0.481 e. The van der Waals surface area contributed by atoms with Crippen LogP contribution in [0, 0.1) is 5.41 Å². The van der Waals surface area contributed by atoms with Crippen LogP contribution in [0.4, 0.5) is 0 Å². The van der Waals surface area contributed by atoms with E-state index in [1.807, 2.05) is 0 Å². The van der Waals surface area contributed by atoms with E-state index in [1.165, 1.54) is 0 Å². The number of carboxylic acids is 1. The molecule has 2 rings (SSSR count). The Balaban J connectivity index is 2.20. The minimum absolute atomic E-state index is 0.137. The summed E-state index contributed by atoms with van der Waals surface area (Å²) in [4.78, 5) is 23.7. The molecule has 6 heteroatoms. The van der Waals surface area contributed by atoms with E-state index >= 15 is 0 Å². The molecule has 1 aromatic rings. The fraction of sp³-hybridized carbons (Fsp3) is 0.467. The highest BCUT2D eigenvalue weighted by Crippen LogP contribution is 2.34. The summed E-state index contributed by atoms with van der Waals surface area (Å²) < 4.78 is 10.4. The molecule has 0 radical (unpaired) electrons. The van der Waals surface area contributed by atoms with Gasteiger partial charge in [0.05, 0.1) is 11.0 Å². The predicted molar refractivity (Wildman–Crippen MR) is 75.5 cm³/mol. The third-order valence-electron chi connectivity index (χ3n) is 4.16. The van der Waals surface area contributed by atoms with E-state index in [1.54, 1.807) is 45.9 Å². The smallest absolute Gasteiger partial charge is 0.311 e. The molecule has 1 heterocycles. The van der Waals surface area contributed by atoms with Crippen molar-refractivity contribution < 1.29 is 24.2 Å². The van der Waals surface area contributed by atoms with Gasteiger partial charge in [0.15, 0.2) is 11.5 Å². The van der Waals surface area contributed by atoms with Gasteiger partial charge < -0.3 is 19.9 Å². The molecule has 0 atom stereocenters. The molecule has 0 fully saturated rings. The third-order valence-corrected chi connectivity index (χ3v) is 4.16. The minimum atomic E-state index is -1.11. The Bertz CT molecular complexity index is 592. The SMILES string of the molecule is CC(C)(NC(=O)c1ccc2c(c1)OCO2)C(C)(C)C(=O)O. The summed E-state index contributed by atoms with van der Waals surface area (Å²) >= 11 is 0.